The van der Waals surface area contributed by atoms with Crippen molar-refractivity contribution in [3.63, 3.8) is 0 Å². The first-order valence-electron chi connectivity index (χ1n) is 9.11. The van der Waals surface area contributed by atoms with Crippen molar-refractivity contribution in [1.29, 1.82) is 0 Å². The van der Waals surface area contributed by atoms with Crippen molar-refractivity contribution in [3.05, 3.63) is 34.9 Å². The zero-order valence-corrected chi connectivity index (χ0v) is 16.2. The van der Waals surface area contributed by atoms with Crippen LogP contribution in [0, 0.1) is 5.41 Å². The number of Topliss-reactive ketones (excluding diaryl/α,β-unsaturated/α-hetero) is 1. The summed E-state index contributed by atoms with van der Waals surface area (Å²) in [6, 6.07) is 0. The molecule has 1 rings (SSSR count). The fourth-order valence-corrected chi connectivity index (χ4v) is 3.49. The maximum atomic E-state index is 12.6. The predicted molar refractivity (Wildman–Crippen MR) is 100 cm³/mol. The molecule has 0 saturated heterocycles. The molecule has 4 nitrogen and oxygen atoms in total. The van der Waals surface area contributed by atoms with Crippen molar-refractivity contribution >= 4 is 11.8 Å². The SMILES string of the molecule is CCCCCCC1=C(C)C(O)(/C=C/C(C)=C\C(=O)O)C(C)(C)CC1=O. The standard InChI is InChI=1S/C21H32O4/c1-6-7-8-9-10-17-16(3)21(25,20(4,5)14-18(17)22)12-11-15(2)13-19(23)24/h11-13,25H,6-10,14H2,1-5H3,(H,23,24)/b12-11+,15-13-. The molecule has 0 spiro atoms. The second-order valence-electron chi connectivity index (χ2n) is 7.72. The summed E-state index contributed by atoms with van der Waals surface area (Å²) in [6.45, 7) is 9.41. The first kappa shape index (κ1) is 21.4. The highest BCUT2D eigenvalue weighted by Crippen LogP contribution is 2.47. The molecule has 0 fully saturated rings. The summed E-state index contributed by atoms with van der Waals surface area (Å²) in [5.41, 5.74) is 0.0911. The lowest BCUT2D eigenvalue weighted by molar-refractivity contribution is -0.131. The van der Waals surface area contributed by atoms with E-state index in [9.17, 15) is 14.7 Å². The van der Waals surface area contributed by atoms with Crippen molar-refractivity contribution in [2.24, 2.45) is 5.41 Å². The summed E-state index contributed by atoms with van der Waals surface area (Å²) >= 11 is 0. The Morgan fingerprint density at radius 1 is 1.24 bits per heavy atom. The van der Waals surface area contributed by atoms with Crippen LogP contribution in [0.25, 0.3) is 0 Å². The van der Waals surface area contributed by atoms with Crippen LogP contribution in [-0.2, 0) is 9.59 Å². The molecule has 1 unspecified atom stereocenters. The van der Waals surface area contributed by atoms with Gasteiger partial charge in [-0.3, -0.25) is 4.79 Å². The number of carboxylic acid groups (broad SMARTS) is 1. The van der Waals surface area contributed by atoms with Gasteiger partial charge in [0.05, 0.1) is 0 Å². The molecule has 4 heteroatoms. The van der Waals surface area contributed by atoms with Crippen molar-refractivity contribution in [3.8, 4) is 0 Å². The van der Waals surface area contributed by atoms with Gasteiger partial charge in [0.2, 0.25) is 0 Å². The first-order chi connectivity index (χ1) is 11.5. The number of carbonyl (C=O) groups excluding carboxylic acids is 1. The van der Waals surface area contributed by atoms with Crippen molar-refractivity contribution in [2.75, 3.05) is 0 Å². The van der Waals surface area contributed by atoms with Crippen LogP contribution in [0.3, 0.4) is 0 Å². The molecule has 0 amide bonds. The van der Waals surface area contributed by atoms with Gasteiger partial charge in [0.1, 0.15) is 5.60 Å². The molecule has 1 atom stereocenters. The second kappa shape index (κ2) is 8.61. The number of rotatable bonds is 8. The lowest BCUT2D eigenvalue weighted by Gasteiger charge is -2.46. The fourth-order valence-electron chi connectivity index (χ4n) is 3.49. The van der Waals surface area contributed by atoms with E-state index >= 15 is 0 Å². The molecule has 2 N–H and O–H groups in total. The van der Waals surface area contributed by atoms with Crippen LogP contribution in [0.2, 0.25) is 0 Å². The summed E-state index contributed by atoms with van der Waals surface area (Å²) in [6.07, 6.45) is 9.68. The fraction of sp³-hybridized carbons (Fsp3) is 0.619. The van der Waals surface area contributed by atoms with Gasteiger partial charge in [-0.05, 0) is 49.5 Å². The van der Waals surface area contributed by atoms with E-state index in [2.05, 4.69) is 6.92 Å². The molecule has 140 valence electrons. The Balaban J connectivity index is 3.18. The van der Waals surface area contributed by atoms with E-state index in [-0.39, 0.29) is 12.2 Å². The van der Waals surface area contributed by atoms with E-state index in [1.807, 2.05) is 20.8 Å². The Hall–Kier alpha value is -1.68. The van der Waals surface area contributed by atoms with Gasteiger partial charge in [-0.2, -0.15) is 0 Å². The van der Waals surface area contributed by atoms with E-state index in [1.54, 1.807) is 19.1 Å². The number of hydrogen-bond acceptors (Lipinski definition) is 3. The zero-order chi connectivity index (χ0) is 19.3. The van der Waals surface area contributed by atoms with Crippen LogP contribution in [0.1, 0.15) is 73.1 Å². The minimum absolute atomic E-state index is 0.120. The zero-order valence-electron chi connectivity index (χ0n) is 16.2. The number of hydrogen-bond donors (Lipinski definition) is 2. The molecule has 0 aromatic rings. The summed E-state index contributed by atoms with van der Waals surface area (Å²) in [7, 11) is 0. The first-order valence-corrected chi connectivity index (χ1v) is 9.11. The van der Waals surface area contributed by atoms with Crippen molar-refractivity contribution in [1.82, 2.24) is 0 Å². The summed E-state index contributed by atoms with van der Waals surface area (Å²) in [5, 5.41) is 20.2. The number of ketones is 1. The lowest BCUT2D eigenvalue weighted by atomic mass is 9.62. The molecule has 1 aliphatic rings. The largest absolute Gasteiger partial charge is 0.478 e. The molecule has 0 radical (unpaired) electrons. The van der Waals surface area contributed by atoms with Crippen LogP contribution in [-0.4, -0.2) is 27.6 Å². The average molecular weight is 348 g/mol. The molecular formula is C21H32O4. The predicted octanol–water partition coefficient (Wildman–Crippen LogP) is 4.59. The maximum Gasteiger partial charge on any atom is 0.328 e. The van der Waals surface area contributed by atoms with E-state index in [4.69, 9.17) is 5.11 Å². The monoisotopic (exact) mass is 348 g/mol. The Kier molecular flexibility index (Phi) is 7.36. The topological polar surface area (TPSA) is 74.6 Å². The number of carbonyl (C=O) groups is 2. The number of unbranched alkanes of at least 4 members (excludes halogenated alkanes) is 3. The molecule has 0 aromatic carbocycles. The Bertz CT molecular complexity index is 607. The minimum atomic E-state index is -1.26. The Labute approximate surface area is 151 Å². The summed E-state index contributed by atoms with van der Waals surface area (Å²) in [4.78, 5) is 23.3. The minimum Gasteiger partial charge on any atom is -0.478 e. The van der Waals surface area contributed by atoms with Gasteiger partial charge in [0.15, 0.2) is 5.78 Å². The number of aliphatic hydroxyl groups is 1. The highest BCUT2D eigenvalue weighted by molar-refractivity contribution is 5.98. The van der Waals surface area contributed by atoms with Gasteiger partial charge in [-0.1, -0.05) is 46.1 Å². The van der Waals surface area contributed by atoms with Gasteiger partial charge in [0, 0.05) is 17.9 Å². The van der Waals surface area contributed by atoms with Gasteiger partial charge in [0.25, 0.3) is 0 Å². The highest BCUT2D eigenvalue weighted by Gasteiger charge is 2.49. The lowest BCUT2D eigenvalue weighted by Crippen LogP contribution is -2.49. The third-order valence-corrected chi connectivity index (χ3v) is 5.21. The van der Waals surface area contributed by atoms with Crippen molar-refractivity contribution in [2.45, 2.75) is 78.7 Å². The van der Waals surface area contributed by atoms with Gasteiger partial charge in [-0.25, -0.2) is 4.79 Å². The molecule has 0 saturated carbocycles. The maximum absolute atomic E-state index is 12.6. The van der Waals surface area contributed by atoms with Crippen LogP contribution in [0.5, 0.6) is 0 Å². The number of allylic oxidation sites excluding steroid dienone is 3. The molecule has 1 aliphatic carbocycles. The molecule has 25 heavy (non-hydrogen) atoms. The molecule has 0 bridgehead atoms. The van der Waals surface area contributed by atoms with E-state index in [0.717, 1.165) is 37.3 Å². The van der Waals surface area contributed by atoms with Crippen LogP contribution in [0.15, 0.2) is 34.9 Å². The number of aliphatic carboxylic acids is 1. The van der Waals surface area contributed by atoms with Crippen molar-refractivity contribution < 1.29 is 19.8 Å². The quantitative estimate of drug-likeness (QED) is 0.382. The van der Waals surface area contributed by atoms with Crippen LogP contribution >= 0.6 is 0 Å². The van der Waals surface area contributed by atoms with Gasteiger partial charge >= 0.3 is 5.97 Å². The molecule has 0 aliphatic heterocycles. The van der Waals surface area contributed by atoms with Gasteiger partial charge in [-0.15, -0.1) is 0 Å². The van der Waals surface area contributed by atoms with Crippen LogP contribution in [0.4, 0.5) is 0 Å². The number of carboxylic acids is 1. The summed E-state index contributed by atoms with van der Waals surface area (Å²) in [5.74, 6) is -0.897. The highest BCUT2D eigenvalue weighted by atomic mass is 16.4. The Morgan fingerprint density at radius 3 is 2.44 bits per heavy atom. The normalized spacial score (nSPS) is 24.2. The van der Waals surface area contributed by atoms with Gasteiger partial charge < -0.3 is 10.2 Å². The average Bonchev–Trinajstić information content (AvgIpc) is 2.49. The second-order valence-corrected chi connectivity index (χ2v) is 7.72. The molecule has 0 heterocycles. The van der Waals surface area contributed by atoms with Crippen LogP contribution < -0.4 is 0 Å². The van der Waals surface area contributed by atoms with E-state index < -0.39 is 17.0 Å². The smallest absolute Gasteiger partial charge is 0.328 e. The summed E-state index contributed by atoms with van der Waals surface area (Å²) < 4.78 is 0. The molecular weight excluding hydrogens is 316 g/mol. The third kappa shape index (κ3) is 5.15. The van der Waals surface area contributed by atoms with E-state index in [0.29, 0.717) is 17.6 Å². The molecule has 0 aromatic heterocycles. The Morgan fingerprint density at radius 2 is 1.88 bits per heavy atom. The van der Waals surface area contributed by atoms with E-state index in [1.165, 1.54) is 0 Å². The third-order valence-electron chi connectivity index (χ3n) is 5.21.